The third kappa shape index (κ3) is 3.01. The van der Waals surface area contributed by atoms with Gasteiger partial charge in [0.05, 0.1) is 12.5 Å². The molecule has 0 radical (unpaired) electrons. The lowest BCUT2D eigenvalue weighted by Crippen LogP contribution is -2.13. The third-order valence-electron chi connectivity index (χ3n) is 2.79. The summed E-state index contributed by atoms with van der Waals surface area (Å²) in [5.74, 6) is 1.41. The number of hydrogen-bond acceptors (Lipinski definition) is 6. The van der Waals surface area contributed by atoms with Crippen molar-refractivity contribution in [2.45, 2.75) is 26.2 Å². The fourth-order valence-corrected chi connectivity index (χ4v) is 4.32. The number of hydrogen-bond donors (Lipinski definition) is 0. The second kappa shape index (κ2) is 5.27. The second-order valence-corrected chi connectivity index (χ2v) is 8.51. The monoisotopic (exact) mass is 322 g/mol. The van der Waals surface area contributed by atoms with Gasteiger partial charge in [0, 0.05) is 11.5 Å². The first-order chi connectivity index (χ1) is 9.95. The highest BCUT2D eigenvalue weighted by Crippen LogP contribution is 2.34. The number of ether oxygens (including phenoxy) is 1. The topological polar surface area (TPSA) is 65.7 Å². The molecule has 1 atom stereocenters. The normalized spacial score (nSPS) is 12.9. The molecule has 0 amide bonds. The van der Waals surface area contributed by atoms with E-state index in [2.05, 4.69) is 45.6 Å². The van der Waals surface area contributed by atoms with E-state index in [-0.39, 0.29) is 15.1 Å². The van der Waals surface area contributed by atoms with Gasteiger partial charge in [0.1, 0.15) is 6.33 Å². The van der Waals surface area contributed by atoms with Gasteiger partial charge in [0.25, 0.3) is 11.0 Å². The molecule has 0 N–H and O–H groups in total. The SMILES string of the molecule is COc1ccc2c[s+](Sn3cnc(C(C)(C)C)n3)nc2n1. The van der Waals surface area contributed by atoms with Crippen LogP contribution in [0.1, 0.15) is 26.6 Å². The standard InChI is InChI=1S/C13H16N5OS2/c1-13(2,3)12-14-8-18(16-12)20-21-7-9-5-6-10(19-4)15-11(9)17-21/h5-8H,1-4H3/q+1. The number of fused-ring (bicyclic) bond motifs is 1. The minimum atomic E-state index is -0.339. The van der Waals surface area contributed by atoms with Crippen molar-refractivity contribution in [2.75, 3.05) is 7.11 Å². The van der Waals surface area contributed by atoms with E-state index in [1.807, 2.05) is 12.1 Å². The van der Waals surface area contributed by atoms with Crippen molar-refractivity contribution in [2.24, 2.45) is 0 Å². The lowest BCUT2D eigenvalue weighted by molar-refractivity contribution is 0.399. The number of pyridine rings is 1. The Labute approximate surface area is 129 Å². The van der Waals surface area contributed by atoms with Crippen LogP contribution in [0.15, 0.2) is 23.8 Å². The lowest BCUT2D eigenvalue weighted by atomic mass is 9.96. The smallest absolute Gasteiger partial charge is 0.295 e. The van der Waals surface area contributed by atoms with Gasteiger partial charge in [-0.2, -0.15) is 4.98 Å². The average Bonchev–Trinajstić information content (AvgIpc) is 3.03. The molecule has 1 unspecified atom stereocenters. The van der Waals surface area contributed by atoms with Crippen LogP contribution in [0.25, 0.3) is 11.0 Å². The molecule has 21 heavy (non-hydrogen) atoms. The number of methoxy groups -OCH3 is 1. The van der Waals surface area contributed by atoms with Gasteiger partial charge in [-0.25, -0.2) is 4.98 Å². The molecule has 0 bridgehead atoms. The largest absolute Gasteiger partial charge is 0.481 e. The maximum absolute atomic E-state index is 5.12. The van der Waals surface area contributed by atoms with E-state index in [4.69, 9.17) is 4.74 Å². The van der Waals surface area contributed by atoms with Gasteiger partial charge in [0.15, 0.2) is 20.9 Å². The third-order valence-corrected chi connectivity index (χ3v) is 5.51. The Balaban J connectivity index is 1.86. The van der Waals surface area contributed by atoms with E-state index in [1.54, 1.807) is 17.5 Å². The van der Waals surface area contributed by atoms with Crippen molar-refractivity contribution < 1.29 is 4.74 Å². The Morgan fingerprint density at radius 1 is 1.29 bits per heavy atom. The highest BCUT2D eigenvalue weighted by molar-refractivity contribution is 8.43. The molecule has 6 nitrogen and oxygen atoms in total. The summed E-state index contributed by atoms with van der Waals surface area (Å²) in [4.78, 5) is 8.69. The number of rotatable bonds is 3. The lowest BCUT2D eigenvalue weighted by Gasteiger charge is -2.11. The summed E-state index contributed by atoms with van der Waals surface area (Å²) in [6, 6.07) is 3.82. The minimum Gasteiger partial charge on any atom is -0.481 e. The van der Waals surface area contributed by atoms with Crippen molar-refractivity contribution >= 4 is 31.7 Å². The molecule has 0 saturated heterocycles. The van der Waals surface area contributed by atoms with Gasteiger partial charge < -0.3 is 4.74 Å². The van der Waals surface area contributed by atoms with Crippen LogP contribution in [0.3, 0.4) is 0 Å². The van der Waals surface area contributed by atoms with Crippen LogP contribution in [0.5, 0.6) is 5.88 Å². The zero-order valence-electron chi connectivity index (χ0n) is 12.3. The van der Waals surface area contributed by atoms with E-state index in [9.17, 15) is 0 Å². The fourth-order valence-electron chi connectivity index (χ4n) is 1.69. The Morgan fingerprint density at radius 3 is 2.76 bits per heavy atom. The highest BCUT2D eigenvalue weighted by Gasteiger charge is 2.22. The summed E-state index contributed by atoms with van der Waals surface area (Å²) in [5, 5.41) is 7.61. The Bertz CT molecular complexity index is 774. The van der Waals surface area contributed by atoms with Crippen LogP contribution in [0.4, 0.5) is 0 Å². The molecule has 0 aliphatic rings. The van der Waals surface area contributed by atoms with Crippen molar-refractivity contribution in [3.05, 3.63) is 29.7 Å². The molecule has 0 aliphatic heterocycles. The molecule has 3 aromatic rings. The predicted octanol–water partition coefficient (Wildman–Crippen LogP) is 3.24. The Hall–Kier alpha value is -1.67. The molecule has 0 aromatic carbocycles. The van der Waals surface area contributed by atoms with Crippen molar-refractivity contribution in [1.82, 2.24) is 23.5 Å². The summed E-state index contributed by atoms with van der Waals surface area (Å²) in [5.41, 5.74) is 0.671. The van der Waals surface area contributed by atoms with Crippen molar-refractivity contribution in [3.8, 4) is 5.88 Å². The van der Waals surface area contributed by atoms with E-state index in [0.29, 0.717) is 5.88 Å². The zero-order valence-corrected chi connectivity index (χ0v) is 13.9. The first kappa shape index (κ1) is 14.3. The van der Waals surface area contributed by atoms with E-state index in [0.717, 1.165) is 16.9 Å². The zero-order chi connectivity index (χ0) is 15.0. The molecule has 3 heterocycles. The quantitative estimate of drug-likeness (QED) is 0.545. The van der Waals surface area contributed by atoms with Gasteiger partial charge in [-0.15, -0.1) is 9.19 Å². The molecule has 110 valence electrons. The molecule has 3 rings (SSSR count). The van der Waals surface area contributed by atoms with Crippen LogP contribution in [0.2, 0.25) is 0 Å². The van der Waals surface area contributed by atoms with Gasteiger partial charge in [-0.05, 0) is 10.4 Å². The highest BCUT2D eigenvalue weighted by atomic mass is 33.1. The van der Waals surface area contributed by atoms with E-state index in [1.165, 1.54) is 11.0 Å². The predicted molar refractivity (Wildman–Crippen MR) is 85.7 cm³/mol. The molecule has 8 heteroatoms. The van der Waals surface area contributed by atoms with Crippen LogP contribution in [-0.4, -0.2) is 30.6 Å². The van der Waals surface area contributed by atoms with Gasteiger partial charge in [0.2, 0.25) is 11.5 Å². The summed E-state index contributed by atoms with van der Waals surface area (Å²) < 4.78 is 11.5. The second-order valence-electron chi connectivity index (χ2n) is 5.55. The first-order valence-electron chi connectivity index (χ1n) is 6.41. The summed E-state index contributed by atoms with van der Waals surface area (Å²) in [6.45, 7) is 6.28. The van der Waals surface area contributed by atoms with Crippen LogP contribution in [-0.2, 0) is 5.41 Å². The number of aromatic nitrogens is 5. The van der Waals surface area contributed by atoms with Gasteiger partial charge in [-0.1, -0.05) is 20.8 Å². The number of nitrogens with zero attached hydrogens (tertiary/aromatic N) is 5. The average molecular weight is 322 g/mol. The van der Waals surface area contributed by atoms with Crippen LogP contribution < -0.4 is 4.74 Å². The van der Waals surface area contributed by atoms with Crippen LogP contribution in [0, 0.1) is 0 Å². The maximum Gasteiger partial charge on any atom is 0.295 e. The molecule has 0 spiro atoms. The Kier molecular flexibility index (Phi) is 3.58. The molecular formula is C13H16N5OS2+. The molecular weight excluding hydrogens is 306 g/mol. The molecule has 3 aromatic heterocycles. The first-order valence-corrected chi connectivity index (χ1v) is 8.95. The molecule has 0 fully saturated rings. The molecule has 0 saturated carbocycles. The van der Waals surface area contributed by atoms with Crippen molar-refractivity contribution in [3.63, 3.8) is 0 Å². The van der Waals surface area contributed by atoms with Gasteiger partial charge >= 0.3 is 0 Å². The summed E-state index contributed by atoms with van der Waals surface area (Å²) >= 11 is 0. The van der Waals surface area contributed by atoms with E-state index < -0.39 is 0 Å². The van der Waals surface area contributed by atoms with E-state index >= 15 is 0 Å². The summed E-state index contributed by atoms with van der Waals surface area (Å²) in [7, 11) is 2.79. The fraction of sp³-hybridized carbons (Fsp3) is 0.385. The van der Waals surface area contributed by atoms with Crippen LogP contribution >= 0.6 is 20.7 Å². The summed E-state index contributed by atoms with van der Waals surface area (Å²) in [6.07, 6.45) is 1.73. The maximum atomic E-state index is 5.12. The Morgan fingerprint density at radius 2 is 2.10 bits per heavy atom. The molecule has 0 aliphatic carbocycles. The van der Waals surface area contributed by atoms with Gasteiger partial charge in [-0.3, -0.25) is 0 Å². The minimum absolute atomic E-state index is 0.0522. The van der Waals surface area contributed by atoms with Crippen molar-refractivity contribution in [1.29, 1.82) is 0 Å².